The van der Waals surface area contributed by atoms with Crippen LogP contribution in [0.1, 0.15) is 12.5 Å². The van der Waals surface area contributed by atoms with E-state index in [9.17, 15) is 4.79 Å². The summed E-state index contributed by atoms with van der Waals surface area (Å²) in [6, 6.07) is 8.89. The molecule has 5 nitrogen and oxygen atoms in total. The van der Waals surface area contributed by atoms with Crippen molar-refractivity contribution in [1.29, 1.82) is 0 Å². The summed E-state index contributed by atoms with van der Waals surface area (Å²) in [5.41, 5.74) is 7.84. The highest BCUT2D eigenvalue weighted by atomic mass is 16.5. The van der Waals surface area contributed by atoms with Gasteiger partial charge in [0, 0.05) is 13.1 Å². The number of para-hydroxylation sites is 2. The first-order valence-corrected chi connectivity index (χ1v) is 5.83. The van der Waals surface area contributed by atoms with Crippen molar-refractivity contribution < 1.29 is 9.53 Å². The number of nitrogens with one attached hydrogen (secondary N) is 1. The Morgan fingerprint density at radius 1 is 1.37 bits per heavy atom. The molecule has 0 bridgehead atoms. The van der Waals surface area contributed by atoms with E-state index in [1.165, 1.54) is 6.92 Å². The molecule has 1 aromatic heterocycles. The monoisotopic (exact) mass is 257 g/mol. The fourth-order valence-corrected chi connectivity index (χ4v) is 1.62. The number of aryl methyl sites for hydroxylation is 1. The van der Waals surface area contributed by atoms with E-state index >= 15 is 0 Å². The summed E-state index contributed by atoms with van der Waals surface area (Å²) in [5, 5.41) is 2.69. The fourth-order valence-electron chi connectivity index (χ4n) is 1.62. The average molecular weight is 257 g/mol. The molecule has 0 atom stereocenters. The molecule has 2 aromatic rings. The zero-order chi connectivity index (χ0) is 13.8. The minimum Gasteiger partial charge on any atom is -0.435 e. The third kappa shape index (κ3) is 3.22. The summed E-state index contributed by atoms with van der Waals surface area (Å²) >= 11 is 0. The molecule has 19 heavy (non-hydrogen) atoms. The van der Waals surface area contributed by atoms with Gasteiger partial charge in [0.25, 0.3) is 0 Å². The minimum absolute atomic E-state index is 0.166. The number of hydrogen-bond acceptors (Lipinski definition) is 4. The topological polar surface area (TPSA) is 77.2 Å². The summed E-state index contributed by atoms with van der Waals surface area (Å²) in [6.07, 6.45) is 1.67. The molecule has 1 aromatic carbocycles. The number of carbonyl (C=O) groups is 1. The molecule has 0 radical (unpaired) electrons. The lowest BCUT2D eigenvalue weighted by molar-refractivity contribution is -0.114. The molecule has 0 saturated carbocycles. The summed E-state index contributed by atoms with van der Waals surface area (Å²) in [5.74, 6) is 0.657. The molecule has 0 aliphatic heterocycles. The highest BCUT2D eigenvalue weighted by Crippen LogP contribution is 2.31. The van der Waals surface area contributed by atoms with Gasteiger partial charge in [0.1, 0.15) is 0 Å². The number of aromatic nitrogens is 1. The predicted octanol–water partition coefficient (Wildman–Crippen LogP) is 2.72. The van der Waals surface area contributed by atoms with Crippen molar-refractivity contribution in [1.82, 2.24) is 4.98 Å². The van der Waals surface area contributed by atoms with Crippen LogP contribution >= 0.6 is 0 Å². The Kier molecular flexibility index (Phi) is 3.66. The Morgan fingerprint density at radius 3 is 2.79 bits per heavy atom. The van der Waals surface area contributed by atoms with Crippen LogP contribution in [0, 0.1) is 6.92 Å². The predicted molar refractivity (Wildman–Crippen MR) is 74.2 cm³/mol. The zero-order valence-electron chi connectivity index (χ0n) is 10.8. The number of pyridine rings is 1. The third-order valence-electron chi connectivity index (χ3n) is 2.42. The number of rotatable bonds is 3. The van der Waals surface area contributed by atoms with E-state index in [1.807, 2.05) is 19.1 Å². The molecule has 0 aliphatic rings. The van der Waals surface area contributed by atoms with E-state index in [0.29, 0.717) is 23.0 Å². The molecular formula is C14H15N3O2. The van der Waals surface area contributed by atoms with Crippen LogP contribution in [0.5, 0.6) is 11.6 Å². The molecule has 0 saturated heterocycles. The molecule has 5 heteroatoms. The molecule has 1 heterocycles. The van der Waals surface area contributed by atoms with Crippen molar-refractivity contribution in [3.63, 3.8) is 0 Å². The summed E-state index contributed by atoms with van der Waals surface area (Å²) in [4.78, 5) is 15.3. The van der Waals surface area contributed by atoms with Gasteiger partial charge in [-0.1, -0.05) is 12.1 Å². The van der Waals surface area contributed by atoms with Crippen LogP contribution in [-0.4, -0.2) is 10.9 Å². The SMILES string of the molecule is CC(=O)Nc1ccccc1Oc1ncc(C)cc1N. The van der Waals surface area contributed by atoms with Crippen LogP contribution in [0.15, 0.2) is 36.5 Å². The van der Waals surface area contributed by atoms with E-state index < -0.39 is 0 Å². The Hall–Kier alpha value is -2.56. The van der Waals surface area contributed by atoms with Crippen LogP contribution < -0.4 is 15.8 Å². The molecule has 2 rings (SSSR count). The van der Waals surface area contributed by atoms with Crippen LogP contribution in [-0.2, 0) is 4.79 Å². The normalized spacial score (nSPS) is 10.0. The summed E-state index contributed by atoms with van der Waals surface area (Å²) < 4.78 is 5.65. The van der Waals surface area contributed by atoms with Crippen molar-refractivity contribution in [3.05, 3.63) is 42.1 Å². The summed E-state index contributed by atoms with van der Waals surface area (Å²) in [7, 11) is 0. The molecule has 1 amide bonds. The Balaban J connectivity index is 2.30. The lowest BCUT2D eigenvalue weighted by Gasteiger charge is -2.12. The van der Waals surface area contributed by atoms with Crippen molar-refractivity contribution in [2.75, 3.05) is 11.1 Å². The van der Waals surface area contributed by atoms with E-state index in [4.69, 9.17) is 10.5 Å². The van der Waals surface area contributed by atoms with Crippen LogP contribution in [0.4, 0.5) is 11.4 Å². The Bertz CT molecular complexity index is 611. The van der Waals surface area contributed by atoms with Gasteiger partial charge in [-0.3, -0.25) is 4.79 Å². The minimum atomic E-state index is -0.166. The van der Waals surface area contributed by atoms with Gasteiger partial charge in [0.05, 0.1) is 11.4 Å². The van der Waals surface area contributed by atoms with Crippen LogP contribution in [0.2, 0.25) is 0 Å². The first-order chi connectivity index (χ1) is 9.06. The van der Waals surface area contributed by atoms with Crippen molar-refractivity contribution in [2.24, 2.45) is 0 Å². The quantitative estimate of drug-likeness (QED) is 0.886. The van der Waals surface area contributed by atoms with Crippen LogP contribution in [0.25, 0.3) is 0 Å². The van der Waals surface area contributed by atoms with Gasteiger partial charge in [-0.2, -0.15) is 0 Å². The molecule has 0 fully saturated rings. The van der Waals surface area contributed by atoms with Gasteiger partial charge in [0.15, 0.2) is 5.75 Å². The fraction of sp³-hybridized carbons (Fsp3) is 0.143. The molecule has 3 N–H and O–H groups in total. The third-order valence-corrected chi connectivity index (χ3v) is 2.42. The Labute approximate surface area is 111 Å². The van der Waals surface area contributed by atoms with Gasteiger partial charge in [-0.15, -0.1) is 0 Å². The van der Waals surface area contributed by atoms with E-state index in [1.54, 1.807) is 24.4 Å². The lowest BCUT2D eigenvalue weighted by atomic mass is 10.3. The highest BCUT2D eigenvalue weighted by molar-refractivity contribution is 5.90. The average Bonchev–Trinajstić information content (AvgIpc) is 2.34. The number of benzene rings is 1. The molecule has 0 unspecified atom stereocenters. The number of ether oxygens (including phenoxy) is 1. The molecule has 0 spiro atoms. The van der Waals surface area contributed by atoms with Crippen molar-refractivity contribution in [3.8, 4) is 11.6 Å². The van der Waals surface area contributed by atoms with Crippen molar-refractivity contribution in [2.45, 2.75) is 13.8 Å². The van der Waals surface area contributed by atoms with E-state index in [2.05, 4.69) is 10.3 Å². The van der Waals surface area contributed by atoms with E-state index in [-0.39, 0.29) is 5.91 Å². The number of nitrogens with two attached hydrogens (primary N) is 1. The summed E-state index contributed by atoms with van der Waals surface area (Å²) in [6.45, 7) is 3.34. The van der Waals surface area contributed by atoms with Gasteiger partial charge in [0.2, 0.25) is 11.8 Å². The largest absolute Gasteiger partial charge is 0.435 e. The molecular weight excluding hydrogens is 242 g/mol. The zero-order valence-corrected chi connectivity index (χ0v) is 10.8. The van der Waals surface area contributed by atoms with Gasteiger partial charge < -0.3 is 15.8 Å². The number of nitrogens with zero attached hydrogens (tertiary/aromatic N) is 1. The second kappa shape index (κ2) is 5.39. The standard InChI is InChI=1S/C14H15N3O2/c1-9-7-11(15)14(16-8-9)19-13-6-4-3-5-12(13)17-10(2)18/h3-8H,15H2,1-2H3,(H,17,18). The van der Waals surface area contributed by atoms with Gasteiger partial charge in [-0.05, 0) is 30.7 Å². The van der Waals surface area contributed by atoms with Crippen molar-refractivity contribution >= 4 is 17.3 Å². The number of amides is 1. The first kappa shape index (κ1) is 12.9. The maximum absolute atomic E-state index is 11.1. The second-order valence-electron chi connectivity index (χ2n) is 4.19. The van der Waals surface area contributed by atoms with Crippen LogP contribution in [0.3, 0.4) is 0 Å². The number of anilines is 2. The second-order valence-corrected chi connectivity index (χ2v) is 4.19. The highest BCUT2D eigenvalue weighted by Gasteiger charge is 2.08. The number of nitrogen functional groups attached to an aromatic ring is 1. The lowest BCUT2D eigenvalue weighted by Crippen LogP contribution is -2.07. The van der Waals surface area contributed by atoms with E-state index in [0.717, 1.165) is 5.56 Å². The maximum Gasteiger partial charge on any atom is 0.242 e. The maximum atomic E-state index is 11.1. The van der Waals surface area contributed by atoms with Gasteiger partial charge >= 0.3 is 0 Å². The number of hydrogen-bond donors (Lipinski definition) is 2. The van der Waals surface area contributed by atoms with Gasteiger partial charge in [-0.25, -0.2) is 4.98 Å². The molecule has 0 aliphatic carbocycles. The Morgan fingerprint density at radius 2 is 2.11 bits per heavy atom. The smallest absolute Gasteiger partial charge is 0.242 e. The molecule has 98 valence electrons. The number of carbonyl (C=O) groups excluding carboxylic acids is 1. The first-order valence-electron chi connectivity index (χ1n) is 5.83.